The van der Waals surface area contributed by atoms with Crippen LogP contribution in [0.5, 0.6) is 11.5 Å². The second-order valence-electron chi connectivity index (χ2n) is 4.36. The molecule has 0 aliphatic heterocycles. The molecule has 0 aliphatic carbocycles. The van der Waals surface area contributed by atoms with Crippen molar-refractivity contribution in [2.45, 2.75) is 13.0 Å². The smallest absolute Gasteiger partial charge is 0.152 e. The van der Waals surface area contributed by atoms with Crippen LogP contribution in [0.2, 0.25) is 10.0 Å². The van der Waals surface area contributed by atoms with Gasteiger partial charge in [-0.15, -0.1) is 0 Å². The lowest BCUT2D eigenvalue weighted by Crippen LogP contribution is -2.08. The molecule has 0 bridgehead atoms. The zero-order chi connectivity index (χ0) is 14.9. The number of aromatic hydroxyl groups is 2. The Kier molecular flexibility index (Phi) is 4.26. The van der Waals surface area contributed by atoms with Crippen LogP contribution in [-0.2, 0) is 0 Å². The zero-order valence-electron chi connectivity index (χ0n) is 10.5. The van der Waals surface area contributed by atoms with Gasteiger partial charge in [-0.3, -0.25) is 0 Å². The molecule has 0 aliphatic rings. The van der Waals surface area contributed by atoms with E-state index in [1.54, 1.807) is 6.92 Å². The molecule has 0 saturated carbocycles. The molecule has 106 valence electrons. The average Bonchev–Trinajstić information content (AvgIpc) is 2.35. The maximum atomic E-state index is 13.7. The number of benzene rings is 2. The highest BCUT2D eigenvalue weighted by Gasteiger charge is 2.13. The van der Waals surface area contributed by atoms with E-state index >= 15 is 0 Å². The minimum Gasteiger partial charge on any atom is -0.508 e. The van der Waals surface area contributed by atoms with Crippen LogP contribution in [0.1, 0.15) is 18.5 Å². The van der Waals surface area contributed by atoms with E-state index in [4.69, 9.17) is 23.2 Å². The van der Waals surface area contributed by atoms with E-state index in [1.165, 1.54) is 24.3 Å². The van der Waals surface area contributed by atoms with Gasteiger partial charge in [-0.1, -0.05) is 29.3 Å². The highest BCUT2D eigenvalue weighted by molar-refractivity contribution is 6.37. The molecule has 2 rings (SSSR count). The third kappa shape index (κ3) is 3.08. The lowest BCUT2D eigenvalue weighted by molar-refractivity contribution is 0.467. The molecule has 0 radical (unpaired) electrons. The fourth-order valence-electron chi connectivity index (χ4n) is 1.84. The monoisotopic (exact) mass is 315 g/mol. The van der Waals surface area contributed by atoms with Gasteiger partial charge in [-0.25, -0.2) is 4.39 Å². The first kappa shape index (κ1) is 14.8. The van der Waals surface area contributed by atoms with Crippen molar-refractivity contribution in [1.29, 1.82) is 0 Å². The number of rotatable bonds is 3. The number of hydrogen-bond acceptors (Lipinski definition) is 3. The van der Waals surface area contributed by atoms with Crippen molar-refractivity contribution in [2.75, 3.05) is 5.32 Å². The summed E-state index contributed by atoms with van der Waals surface area (Å²) in [6, 6.07) is 6.57. The first-order valence-corrected chi connectivity index (χ1v) is 6.57. The molecule has 0 saturated heterocycles. The molecule has 0 aromatic heterocycles. The van der Waals surface area contributed by atoms with Crippen LogP contribution in [-0.4, -0.2) is 10.2 Å². The SMILES string of the molecule is CC(Nc1cc(Cl)c(O)c(Cl)c1)c1ccc(O)cc1F. The second-order valence-corrected chi connectivity index (χ2v) is 5.17. The van der Waals surface area contributed by atoms with E-state index in [9.17, 15) is 14.6 Å². The van der Waals surface area contributed by atoms with E-state index in [2.05, 4.69) is 5.32 Å². The summed E-state index contributed by atoms with van der Waals surface area (Å²) in [7, 11) is 0. The standard InChI is InChI=1S/C14H12Cl2FNO2/c1-7(10-3-2-9(19)6-13(10)17)18-8-4-11(15)14(20)12(16)5-8/h2-7,18-20H,1H3. The van der Waals surface area contributed by atoms with Crippen LogP contribution in [0, 0.1) is 5.82 Å². The Morgan fingerprint density at radius 1 is 1.10 bits per heavy atom. The number of hydrogen-bond donors (Lipinski definition) is 3. The van der Waals surface area contributed by atoms with E-state index in [0.29, 0.717) is 11.3 Å². The summed E-state index contributed by atoms with van der Waals surface area (Å²) in [4.78, 5) is 0. The van der Waals surface area contributed by atoms with E-state index in [0.717, 1.165) is 6.07 Å². The Morgan fingerprint density at radius 3 is 2.25 bits per heavy atom. The van der Waals surface area contributed by atoms with Gasteiger partial charge in [0.2, 0.25) is 0 Å². The van der Waals surface area contributed by atoms with Gasteiger partial charge in [-0.2, -0.15) is 0 Å². The van der Waals surface area contributed by atoms with Gasteiger partial charge in [0, 0.05) is 17.3 Å². The largest absolute Gasteiger partial charge is 0.508 e. The molecule has 0 amide bonds. The zero-order valence-corrected chi connectivity index (χ0v) is 12.0. The lowest BCUT2D eigenvalue weighted by atomic mass is 10.1. The third-order valence-corrected chi connectivity index (χ3v) is 3.43. The molecular formula is C14H12Cl2FNO2. The van der Waals surface area contributed by atoms with Crippen LogP contribution < -0.4 is 5.32 Å². The summed E-state index contributed by atoms with van der Waals surface area (Å²) in [5.74, 6) is -0.836. The fraction of sp³-hybridized carbons (Fsp3) is 0.143. The van der Waals surface area contributed by atoms with Gasteiger partial charge in [0.1, 0.15) is 11.6 Å². The van der Waals surface area contributed by atoms with E-state index < -0.39 is 5.82 Å². The van der Waals surface area contributed by atoms with Crippen LogP contribution >= 0.6 is 23.2 Å². The maximum Gasteiger partial charge on any atom is 0.152 e. The Morgan fingerprint density at radius 2 is 1.70 bits per heavy atom. The summed E-state index contributed by atoms with van der Waals surface area (Å²) < 4.78 is 13.7. The predicted octanol–water partition coefficient (Wildman–Crippen LogP) is 4.72. The van der Waals surface area contributed by atoms with Gasteiger partial charge < -0.3 is 15.5 Å². The van der Waals surface area contributed by atoms with Gasteiger partial charge >= 0.3 is 0 Å². The predicted molar refractivity (Wildman–Crippen MR) is 78.2 cm³/mol. The van der Waals surface area contributed by atoms with Gasteiger partial charge in [0.05, 0.1) is 16.1 Å². The molecular weight excluding hydrogens is 304 g/mol. The molecule has 1 unspecified atom stereocenters. The quantitative estimate of drug-likeness (QED) is 0.718. The summed E-state index contributed by atoms with van der Waals surface area (Å²) >= 11 is 11.6. The topological polar surface area (TPSA) is 52.5 Å². The third-order valence-electron chi connectivity index (χ3n) is 2.85. The van der Waals surface area contributed by atoms with Gasteiger partial charge in [0.15, 0.2) is 5.75 Å². The first-order chi connectivity index (χ1) is 9.38. The van der Waals surface area contributed by atoms with Gasteiger partial charge in [0.25, 0.3) is 0 Å². The molecule has 3 N–H and O–H groups in total. The van der Waals surface area contributed by atoms with Crippen molar-refractivity contribution in [1.82, 2.24) is 0 Å². The normalized spacial score (nSPS) is 12.2. The Labute approximate surface area is 125 Å². The molecule has 0 heterocycles. The number of phenols is 2. The Bertz CT molecular complexity index is 626. The number of nitrogens with one attached hydrogen (secondary N) is 1. The minimum atomic E-state index is -0.513. The number of anilines is 1. The molecule has 2 aromatic rings. The van der Waals surface area contributed by atoms with Crippen molar-refractivity contribution in [3.63, 3.8) is 0 Å². The molecule has 6 heteroatoms. The summed E-state index contributed by atoms with van der Waals surface area (Å²) in [5, 5.41) is 21.9. The molecule has 0 fully saturated rings. The Hall–Kier alpha value is -1.65. The molecule has 0 spiro atoms. The van der Waals surface area contributed by atoms with Crippen LogP contribution in [0.3, 0.4) is 0 Å². The average molecular weight is 316 g/mol. The number of phenolic OH excluding ortho intramolecular Hbond substituents is 2. The van der Waals surface area contributed by atoms with E-state index in [-0.39, 0.29) is 27.6 Å². The minimum absolute atomic E-state index is 0.110. The Balaban J connectivity index is 2.25. The van der Waals surface area contributed by atoms with Crippen molar-refractivity contribution >= 4 is 28.9 Å². The highest BCUT2D eigenvalue weighted by Crippen LogP contribution is 2.36. The van der Waals surface area contributed by atoms with Crippen molar-refractivity contribution in [3.8, 4) is 11.5 Å². The lowest BCUT2D eigenvalue weighted by Gasteiger charge is -2.17. The summed E-state index contributed by atoms with van der Waals surface area (Å²) in [5.41, 5.74) is 0.945. The second kappa shape index (κ2) is 5.77. The van der Waals surface area contributed by atoms with Crippen molar-refractivity contribution < 1.29 is 14.6 Å². The van der Waals surface area contributed by atoms with Crippen molar-refractivity contribution in [2.24, 2.45) is 0 Å². The van der Waals surface area contributed by atoms with E-state index in [1.807, 2.05) is 0 Å². The molecule has 20 heavy (non-hydrogen) atoms. The van der Waals surface area contributed by atoms with Crippen LogP contribution in [0.4, 0.5) is 10.1 Å². The molecule has 2 aromatic carbocycles. The highest BCUT2D eigenvalue weighted by atomic mass is 35.5. The van der Waals surface area contributed by atoms with Gasteiger partial charge in [-0.05, 0) is 25.1 Å². The maximum absolute atomic E-state index is 13.7. The number of halogens is 3. The van der Waals surface area contributed by atoms with Crippen LogP contribution in [0.15, 0.2) is 30.3 Å². The summed E-state index contributed by atoms with van der Waals surface area (Å²) in [6.07, 6.45) is 0. The van der Waals surface area contributed by atoms with Crippen molar-refractivity contribution in [3.05, 3.63) is 51.8 Å². The summed E-state index contributed by atoms with van der Waals surface area (Å²) in [6.45, 7) is 1.75. The first-order valence-electron chi connectivity index (χ1n) is 5.81. The fourth-order valence-corrected chi connectivity index (χ4v) is 2.33. The van der Waals surface area contributed by atoms with Crippen LogP contribution in [0.25, 0.3) is 0 Å². The molecule has 1 atom stereocenters. The molecule has 3 nitrogen and oxygen atoms in total.